The van der Waals surface area contributed by atoms with E-state index in [0.29, 0.717) is 5.41 Å². The number of fused-ring (bicyclic) bond motifs is 1. The van der Waals surface area contributed by atoms with Gasteiger partial charge < -0.3 is 5.73 Å². The summed E-state index contributed by atoms with van der Waals surface area (Å²) in [7, 11) is 1.98. The first-order valence-corrected chi connectivity index (χ1v) is 4.99. The van der Waals surface area contributed by atoms with Gasteiger partial charge in [0.05, 0.1) is 5.69 Å². The molecule has 1 unspecified atom stereocenters. The van der Waals surface area contributed by atoms with Gasteiger partial charge in [-0.05, 0) is 31.1 Å². The molecule has 3 heteroatoms. The molecule has 1 atom stereocenters. The van der Waals surface area contributed by atoms with Gasteiger partial charge in [0.1, 0.15) is 0 Å². The van der Waals surface area contributed by atoms with Crippen LogP contribution in [0.3, 0.4) is 0 Å². The molecule has 0 aliphatic heterocycles. The zero-order valence-electron chi connectivity index (χ0n) is 7.95. The molecule has 0 radical (unpaired) electrons. The van der Waals surface area contributed by atoms with E-state index in [1.165, 1.54) is 30.5 Å². The molecule has 3 rings (SSSR count). The third-order valence-electron chi connectivity index (χ3n) is 3.68. The van der Waals surface area contributed by atoms with Gasteiger partial charge in [0.15, 0.2) is 0 Å². The van der Waals surface area contributed by atoms with Gasteiger partial charge in [-0.25, -0.2) is 0 Å². The first-order chi connectivity index (χ1) is 6.21. The Morgan fingerprint density at radius 3 is 3.00 bits per heavy atom. The minimum atomic E-state index is 0.255. The molecule has 1 fully saturated rings. The van der Waals surface area contributed by atoms with Gasteiger partial charge in [0.25, 0.3) is 0 Å². The van der Waals surface area contributed by atoms with E-state index in [0.717, 1.165) is 6.42 Å². The summed E-state index contributed by atoms with van der Waals surface area (Å²) in [5.74, 6) is 0. The smallest absolute Gasteiger partial charge is 0.0672 e. The molecule has 2 aliphatic carbocycles. The summed E-state index contributed by atoms with van der Waals surface area (Å²) in [4.78, 5) is 0. The van der Waals surface area contributed by atoms with Crippen molar-refractivity contribution in [2.75, 3.05) is 0 Å². The molecule has 0 amide bonds. The fourth-order valence-electron chi connectivity index (χ4n) is 2.58. The highest BCUT2D eigenvalue weighted by molar-refractivity contribution is 5.29. The maximum Gasteiger partial charge on any atom is 0.0672 e. The third-order valence-corrected chi connectivity index (χ3v) is 3.68. The fraction of sp³-hybridized carbons (Fsp3) is 0.700. The molecule has 2 aliphatic rings. The summed E-state index contributed by atoms with van der Waals surface area (Å²) in [6, 6.07) is 0.255. The number of hydrogen-bond acceptors (Lipinski definition) is 2. The Labute approximate surface area is 77.9 Å². The maximum absolute atomic E-state index is 6.25. The lowest BCUT2D eigenvalue weighted by Gasteiger charge is -2.27. The number of aromatic nitrogens is 2. The molecule has 1 saturated carbocycles. The van der Waals surface area contributed by atoms with Gasteiger partial charge in [-0.1, -0.05) is 0 Å². The normalized spacial score (nSPS) is 28.9. The molecular weight excluding hydrogens is 162 g/mol. The lowest BCUT2D eigenvalue weighted by Crippen LogP contribution is -2.27. The van der Waals surface area contributed by atoms with Crippen LogP contribution < -0.4 is 5.73 Å². The Morgan fingerprint density at radius 2 is 2.31 bits per heavy atom. The van der Waals surface area contributed by atoms with E-state index in [1.807, 2.05) is 11.7 Å². The second kappa shape index (κ2) is 2.15. The van der Waals surface area contributed by atoms with Crippen LogP contribution in [0, 0.1) is 5.41 Å². The molecule has 1 aromatic rings. The van der Waals surface area contributed by atoms with Gasteiger partial charge in [-0.2, -0.15) is 5.10 Å². The van der Waals surface area contributed by atoms with Crippen molar-refractivity contribution >= 4 is 0 Å². The van der Waals surface area contributed by atoms with Crippen molar-refractivity contribution in [3.8, 4) is 0 Å². The van der Waals surface area contributed by atoms with E-state index in [2.05, 4.69) is 11.3 Å². The van der Waals surface area contributed by atoms with Gasteiger partial charge in [-0.15, -0.1) is 0 Å². The van der Waals surface area contributed by atoms with Crippen molar-refractivity contribution in [1.82, 2.24) is 9.78 Å². The average Bonchev–Trinajstić information content (AvgIpc) is 2.78. The van der Waals surface area contributed by atoms with Crippen LogP contribution >= 0.6 is 0 Å². The van der Waals surface area contributed by atoms with Crippen LogP contribution in [0.4, 0.5) is 0 Å². The number of hydrogen-bond donors (Lipinski definition) is 1. The van der Waals surface area contributed by atoms with Crippen LogP contribution in [0.1, 0.15) is 36.6 Å². The SMILES string of the molecule is Cn1cc2c(n1)CCC1(CC1)C2N. The highest BCUT2D eigenvalue weighted by Crippen LogP contribution is 2.59. The minimum absolute atomic E-state index is 0.255. The van der Waals surface area contributed by atoms with Crippen molar-refractivity contribution in [2.45, 2.75) is 31.7 Å². The topological polar surface area (TPSA) is 43.8 Å². The van der Waals surface area contributed by atoms with E-state index in [4.69, 9.17) is 5.73 Å². The maximum atomic E-state index is 6.25. The first kappa shape index (κ1) is 7.56. The molecule has 0 saturated heterocycles. The second-order valence-corrected chi connectivity index (χ2v) is 4.54. The van der Waals surface area contributed by atoms with Gasteiger partial charge in [0, 0.05) is 24.8 Å². The highest BCUT2D eigenvalue weighted by atomic mass is 15.3. The predicted molar refractivity (Wildman–Crippen MR) is 50.1 cm³/mol. The monoisotopic (exact) mass is 177 g/mol. The summed E-state index contributed by atoms with van der Waals surface area (Å²) >= 11 is 0. The van der Waals surface area contributed by atoms with Crippen molar-refractivity contribution in [3.05, 3.63) is 17.5 Å². The largest absolute Gasteiger partial charge is 0.323 e. The number of aryl methyl sites for hydroxylation is 2. The summed E-state index contributed by atoms with van der Waals surface area (Å²) in [5, 5.41) is 4.43. The third kappa shape index (κ3) is 0.908. The molecule has 70 valence electrons. The van der Waals surface area contributed by atoms with Crippen LogP contribution in [0.5, 0.6) is 0 Å². The molecule has 1 aromatic heterocycles. The number of nitrogens with two attached hydrogens (primary N) is 1. The molecule has 1 heterocycles. The molecule has 13 heavy (non-hydrogen) atoms. The quantitative estimate of drug-likeness (QED) is 0.646. The standard InChI is InChI=1S/C10H15N3/c1-13-6-7-8(12-13)2-3-10(4-5-10)9(7)11/h6,9H,2-5,11H2,1H3. The van der Waals surface area contributed by atoms with Crippen molar-refractivity contribution < 1.29 is 0 Å². The number of rotatable bonds is 0. The van der Waals surface area contributed by atoms with Crippen LogP contribution in [0.2, 0.25) is 0 Å². The highest BCUT2D eigenvalue weighted by Gasteiger charge is 2.51. The minimum Gasteiger partial charge on any atom is -0.323 e. The lowest BCUT2D eigenvalue weighted by molar-refractivity contribution is 0.353. The Bertz CT molecular complexity index is 349. The molecular formula is C10H15N3. The van der Waals surface area contributed by atoms with E-state index < -0.39 is 0 Å². The Morgan fingerprint density at radius 1 is 1.54 bits per heavy atom. The summed E-state index contributed by atoms with van der Waals surface area (Å²) in [6.45, 7) is 0. The van der Waals surface area contributed by atoms with Crippen molar-refractivity contribution in [2.24, 2.45) is 18.2 Å². The van der Waals surface area contributed by atoms with Gasteiger partial charge >= 0.3 is 0 Å². The molecule has 1 spiro atoms. The molecule has 0 aromatic carbocycles. The Kier molecular flexibility index (Phi) is 1.25. The molecule has 0 bridgehead atoms. The Balaban J connectivity index is 2.07. The Hall–Kier alpha value is -0.830. The average molecular weight is 177 g/mol. The van der Waals surface area contributed by atoms with Gasteiger partial charge in [-0.3, -0.25) is 4.68 Å². The zero-order valence-corrected chi connectivity index (χ0v) is 7.95. The summed E-state index contributed by atoms with van der Waals surface area (Å²) in [6.07, 6.45) is 7.12. The number of nitrogens with zero attached hydrogens (tertiary/aromatic N) is 2. The summed E-state index contributed by atoms with van der Waals surface area (Å²) < 4.78 is 1.89. The van der Waals surface area contributed by atoms with Crippen molar-refractivity contribution in [1.29, 1.82) is 0 Å². The first-order valence-electron chi connectivity index (χ1n) is 4.99. The van der Waals surface area contributed by atoms with E-state index >= 15 is 0 Å². The zero-order chi connectivity index (χ0) is 9.05. The van der Waals surface area contributed by atoms with E-state index in [1.54, 1.807) is 0 Å². The van der Waals surface area contributed by atoms with E-state index in [-0.39, 0.29) is 6.04 Å². The lowest BCUT2D eigenvalue weighted by atomic mass is 9.81. The van der Waals surface area contributed by atoms with Crippen LogP contribution in [-0.4, -0.2) is 9.78 Å². The predicted octanol–water partition coefficient (Wildman–Crippen LogP) is 1.15. The van der Waals surface area contributed by atoms with Crippen LogP contribution in [-0.2, 0) is 13.5 Å². The summed E-state index contributed by atoms with van der Waals surface area (Å²) in [5.41, 5.74) is 9.24. The molecule has 2 N–H and O–H groups in total. The van der Waals surface area contributed by atoms with E-state index in [9.17, 15) is 0 Å². The van der Waals surface area contributed by atoms with Crippen LogP contribution in [0.25, 0.3) is 0 Å². The molecule has 3 nitrogen and oxygen atoms in total. The van der Waals surface area contributed by atoms with Crippen LogP contribution in [0.15, 0.2) is 6.20 Å². The van der Waals surface area contributed by atoms with Gasteiger partial charge in [0.2, 0.25) is 0 Å². The van der Waals surface area contributed by atoms with Crippen molar-refractivity contribution in [3.63, 3.8) is 0 Å². The second-order valence-electron chi connectivity index (χ2n) is 4.54. The fourth-order valence-corrected chi connectivity index (χ4v) is 2.58.